The Kier molecular flexibility index (Phi) is 7.44. The van der Waals surface area contributed by atoms with E-state index in [-0.39, 0.29) is 34.1 Å². The van der Waals surface area contributed by atoms with Crippen molar-refractivity contribution in [3.05, 3.63) is 56.5 Å². The van der Waals surface area contributed by atoms with Crippen LogP contribution in [0.1, 0.15) is 11.1 Å². The molecule has 0 radical (unpaired) electrons. The summed E-state index contributed by atoms with van der Waals surface area (Å²) in [5.74, 6) is 0.254. The predicted molar refractivity (Wildman–Crippen MR) is 112 cm³/mol. The van der Waals surface area contributed by atoms with Crippen molar-refractivity contribution in [2.75, 3.05) is 28.4 Å². The smallest absolute Gasteiger partial charge is 0.311 e. The van der Waals surface area contributed by atoms with Crippen molar-refractivity contribution in [1.29, 1.82) is 5.26 Å². The number of hydrogen-bond acceptors (Lipinski definition) is 9. The fourth-order valence-electron chi connectivity index (χ4n) is 2.76. The van der Waals surface area contributed by atoms with Crippen molar-refractivity contribution in [2.45, 2.75) is 5.75 Å². The number of ether oxygens (including phenoxy) is 4. The maximum atomic E-state index is 12.9. The molecule has 2 rings (SSSR count). The maximum absolute atomic E-state index is 12.9. The van der Waals surface area contributed by atoms with Gasteiger partial charge in [-0.1, -0.05) is 6.07 Å². The van der Waals surface area contributed by atoms with Gasteiger partial charge in [-0.15, -0.1) is 0 Å². The minimum atomic E-state index is -4.16. The molecule has 0 amide bonds. The molecule has 0 aromatic heterocycles. The lowest BCUT2D eigenvalue weighted by molar-refractivity contribution is -0.385. The van der Waals surface area contributed by atoms with E-state index in [1.807, 2.05) is 0 Å². The highest BCUT2D eigenvalue weighted by molar-refractivity contribution is 7.95. The Morgan fingerprint density at radius 1 is 1.03 bits per heavy atom. The van der Waals surface area contributed by atoms with Gasteiger partial charge in [-0.25, -0.2) is 8.42 Å². The molecule has 0 atom stereocenters. The Balaban J connectivity index is 2.54. The van der Waals surface area contributed by atoms with Crippen LogP contribution in [0.25, 0.3) is 6.08 Å². The van der Waals surface area contributed by atoms with Crippen molar-refractivity contribution in [2.24, 2.45) is 0 Å². The number of nitriles is 1. The Morgan fingerprint density at radius 3 is 2.06 bits per heavy atom. The lowest BCUT2D eigenvalue weighted by Crippen LogP contribution is -2.07. The summed E-state index contributed by atoms with van der Waals surface area (Å²) in [6.45, 7) is 0. The number of allylic oxidation sites excluding steroid dienone is 1. The van der Waals surface area contributed by atoms with Crippen molar-refractivity contribution in [3.63, 3.8) is 0 Å². The van der Waals surface area contributed by atoms with Gasteiger partial charge in [0.05, 0.1) is 44.7 Å². The summed E-state index contributed by atoms with van der Waals surface area (Å²) in [4.78, 5) is 9.96. The number of nitro groups is 1. The summed E-state index contributed by atoms with van der Waals surface area (Å²) in [7, 11) is 1.31. The van der Waals surface area contributed by atoms with E-state index in [1.54, 1.807) is 6.07 Å². The number of hydrogen-bond donors (Lipinski definition) is 0. The highest BCUT2D eigenvalue weighted by Crippen LogP contribution is 2.36. The highest BCUT2D eigenvalue weighted by Gasteiger charge is 2.24. The highest BCUT2D eigenvalue weighted by atomic mass is 32.2. The largest absolute Gasteiger partial charge is 0.496 e. The van der Waals surface area contributed by atoms with Gasteiger partial charge in [0, 0.05) is 18.2 Å². The fraction of sp³-hybridized carbons (Fsp3) is 0.250. The molecule has 0 saturated carbocycles. The van der Waals surface area contributed by atoms with Crippen molar-refractivity contribution in [1.82, 2.24) is 0 Å². The summed E-state index contributed by atoms with van der Waals surface area (Å²) in [6, 6.07) is 8.49. The molecule has 2 aromatic carbocycles. The Labute approximate surface area is 179 Å². The van der Waals surface area contributed by atoms with Crippen molar-refractivity contribution < 1.29 is 32.3 Å². The average Bonchev–Trinajstić information content (AvgIpc) is 2.76. The Morgan fingerprint density at radius 2 is 1.61 bits per heavy atom. The second-order valence-electron chi connectivity index (χ2n) is 6.09. The molecule has 10 nitrogen and oxygen atoms in total. The van der Waals surface area contributed by atoms with Crippen LogP contribution in [-0.2, 0) is 15.6 Å². The van der Waals surface area contributed by atoms with Gasteiger partial charge >= 0.3 is 5.69 Å². The lowest BCUT2D eigenvalue weighted by Gasteiger charge is -2.13. The van der Waals surface area contributed by atoms with Crippen molar-refractivity contribution >= 4 is 21.6 Å². The van der Waals surface area contributed by atoms with Gasteiger partial charge in [-0.3, -0.25) is 10.1 Å². The molecule has 0 aliphatic rings. The van der Waals surface area contributed by atoms with Crippen LogP contribution >= 0.6 is 0 Å². The first-order valence-corrected chi connectivity index (χ1v) is 10.3. The molecule has 2 aromatic rings. The minimum absolute atomic E-state index is 0.00472. The van der Waals surface area contributed by atoms with E-state index >= 15 is 0 Å². The van der Waals surface area contributed by atoms with Gasteiger partial charge in [0.1, 0.15) is 28.2 Å². The number of rotatable bonds is 9. The molecule has 0 saturated heterocycles. The Bertz CT molecular complexity index is 1140. The molecule has 164 valence electrons. The number of benzene rings is 2. The first-order chi connectivity index (χ1) is 14.7. The van der Waals surface area contributed by atoms with Crippen LogP contribution in [0.5, 0.6) is 23.0 Å². The zero-order valence-corrected chi connectivity index (χ0v) is 18.1. The van der Waals surface area contributed by atoms with Crippen LogP contribution in [0.15, 0.2) is 35.2 Å². The van der Waals surface area contributed by atoms with Crippen LogP contribution in [0.3, 0.4) is 0 Å². The summed E-state index contributed by atoms with van der Waals surface area (Å²) in [5, 5.41) is 20.7. The third-order valence-corrected chi connectivity index (χ3v) is 5.86. The number of methoxy groups -OCH3 is 4. The van der Waals surface area contributed by atoms with E-state index in [9.17, 15) is 23.8 Å². The molecule has 0 heterocycles. The molecular weight excluding hydrogens is 428 g/mol. The first kappa shape index (κ1) is 23.5. The van der Waals surface area contributed by atoms with E-state index in [2.05, 4.69) is 0 Å². The zero-order valence-electron chi connectivity index (χ0n) is 17.2. The summed E-state index contributed by atoms with van der Waals surface area (Å²) >= 11 is 0. The average molecular weight is 448 g/mol. The van der Waals surface area contributed by atoms with Gasteiger partial charge in [-0.05, 0) is 17.7 Å². The lowest BCUT2D eigenvalue weighted by atomic mass is 10.1. The summed E-state index contributed by atoms with van der Waals surface area (Å²) in [6.07, 6.45) is 1.13. The molecule has 0 N–H and O–H groups in total. The van der Waals surface area contributed by atoms with E-state index < -0.39 is 25.4 Å². The van der Waals surface area contributed by atoms with Crippen molar-refractivity contribution in [3.8, 4) is 29.1 Å². The van der Waals surface area contributed by atoms with Crippen LogP contribution < -0.4 is 18.9 Å². The number of nitrogens with zero attached hydrogens (tertiary/aromatic N) is 2. The van der Waals surface area contributed by atoms with Gasteiger partial charge in [0.15, 0.2) is 15.6 Å². The van der Waals surface area contributed by atoms with E-state index in [1.165, 1.54) is 52.7 Å². The fourth-order valence-corrected chi connectivity index (χ4v) is 3.97. The molecule has 11 heteroatoms. The molecule has 0 fully saturated rings. The predicted octanol–water partition coefficient (Wildman–Crippen LogP) is 3.11. The topological polar surface area (TPSA) is 138 Å². The standard InChI is InChI=1S/C20H20N2O8S/c1-27-14-8-19(29-3)16(20(9-14)30-4)10-15(11-21)31(25,26)12-13-5-6-18(28-2)17(7-13)22(23)24/h5-10H,12H2,1-4H3/b15-10+. The summed E-state index contributed by atoms with van der Waals surface area (Å²) in [5.41, 5.74) is -0.0230. The number of sulfone groups is 1. The van der Waals surface area contributed by atoms with Crippen LogP contribution in [0, 0.1) is 21.4 Å². The van der Waals surface area contributed by atoms with E-state index in [0.717, 1.165) is 12.1 Å². The number of nitro benzene ring substituents is 1. The minimum Gasteiger partial charge on any atom is -0.496 e. The van der Waals surface area contributed by atoms with Crippen LogP contribution in [0.2, 0.25) is 0 Å². The van der Waals surface area contributed by atoms with Gasteiger partial charge in [-0.2, -0.15) is 5.26 Å². The van der Waals surface area contributed by atoms with Crippen LogP contribution in [0.4, 0.5) is 5.69 Å². The van der Waals surface area contributed by atoms with Crippen LogP contribution in [-0.4, -0.2) is 41.8 Å². The third-order valence-electron chi connectivity index (χ3n) is 4.27. The second kappa shape index (κ2) is 9.82. The molecule has 31 heavy (non-hydrogen) atoms. The quantitative estimate of drug-likeness (QED) is 0.322. The van der Waals surface area contributed by atoms with E-state index in [0.29, 0.717) is 5.75 Å². The molecule has 0 aliphatic carbocycles. The monoisotopic (exact) mass is 448 g/mol. The van der Waals surface area contributed by atoms with Gasteiger partial charge in [0.2, 0.25) is 0 Å². The zero-order chi connectivity index (χ0) is 23.2. The maximum Gasteiger partial charge on any atom is 0.311 e. The summed E-state index contributed by atoms with van der Waals surface area (Å²) < 4.78 is 46.4. The normalized spacial score (nSPS) is 11.4. The van der Waals surface area contributed by atoms with E-state index in [4.69, 9.17) is 18.9 Å². The molecule has 0 bridgehead atoms. The molecular formula is C20H20N2O8S. The molecule has 0 unspecified atom stereocenters. The second-order valence-corrected chi connectivity index (χ2v) is 8.05. The SMILES string of the molecule is COc1cc(OC)c(/C=C(\C#N)S(=O)(=O)Cc2ccc(OC)c([N+](=O)[O-])c2)c(OC)c1. The Hall–Kier alpha value is -3.78. The third kappa shape index (κ3) is 5.23. The van der Waals surface area contributed by atoms with Gasteiger partial charge < -0.3 is 18.9 Å². The van der Waals surface area contributed by atoms with Gasteiger partial charge in [0.25, 0.3) is 0 Å². The molecule has 0 spiro atoms. The first-order valence-electron chi connectivity index (χ1n) is 8.66. The molecule has 0 aliphatic heterocycles.